The normalized spacial score (nSPS) is 23.0. The summed E-state index contributed by atoms with van der Waals surface area (Å²) in [6.07, 6.45) is 4.65. The molecule has 3 atom stereocenters. The number of piperidine rings is 1. The van der Waals surface area contributed by atoms with Gasteiger partial charge in [-0.05, 0) is 92.0 Å². The molecule has 212 valence electrons. The van der Waals surface area contributed by atoms with Crippen LogP contribution < -0.4 is 11.1 Å². The van der Waals surface area contributed by atoms with E-state index < -0.39 is 0 Å². The molecule has 1 saturated heterocycles. The highest BCUT2D eigenvalue weighted by Crippen LogP contribution is 2.41. The first-order chi connectivity index (χ1) is 20.5. The summed E-state index contributed by atoms with van der Waals surface area (Å²) in [6, 6.07) is 19.5. The van der Waals surface area contributed by atoms with Gasteiger partial charge in [-0.25, -0.2) is 4.98 Å². The molecule has 9 rings (SSSR count). The second-order valence-corrected chi connectivity index (χ2v) is 13.0. The first kappa shape index (κ1) is 24.6. The Labute approximate surface area is 244 Å². The molecule has 2 aromatic carbocycles. The number of hydrogen-bond donors (Lipinski definition) is 2. The maximum atomic E-state index is 13.5. The molecular formula is C35H35N5O2. The Bertz CT molecular complexity index is 1910. The van der Waals surface area contributed by atoms with E-state index in [4.69, 9.17) is 15.1 Å². The zero-order valence-corrected chi connectivity index (χ0v) is 23.9. The van der Waals surface area contributed by atoms with Gasteiger partial charge in [0.2, 0.25) is 0 Å². The molecule has 3 N–H and O–H groups in total. The van der Waals surface area contributed by atoms with Crippen LogP contribution in [0.25, 0.3) is 44.7 Å². The standard InChI is InChI=1S/C35H35N5O2/c1-19-27-9-6-23(35(41)40-18-25-8-11-29(40)32(25)36)14-31(27)42-33(19)30-13-22-7-10-28(38-34(22)39(30)17-20-2-3-20)21-4-5-24-15-37-16-26(24)12-21/h4-7,9-10,12-14,20,25,29,32,37H,2-3,8,11,15-18,36H2,1H3/t25?,29?,32-/m1/s1. The highest BCUT2D eigenvalue weighted by molar-refractivity contribution is 6.00. The molecule has 2 aliphatic carbocycles. The first-order valence-electron chi connectivity index (χ1n) is 15.4. The van der Waals surface area contributed by atoms with Crippen LogP contribution in [0, 0.1) is 18.8 Å². The molecular weight excluding hydrogens is 522 g/mol. The molecule has 2 unspecified atom stereocenters. The van der Waals surface area contributed by atoms with Crippen LogP contribution in [0.5, 0.6) is 0 Å². The fourth-order valence-corrected chi connectivity index (χ4v) is 7.72. The van der Waals surface area contributed by atoms with Crippen molar-refractivity contribution in [2.75, 3.05) is 6.54 Å². The van der Waals surface area contributed by atoms with Crippen molar-refractivity contribution in [3.63, 3.8) is 0 Å². The van der Waals surface area contributed by atoms with E-state index in [1.807, 2.05) is 23.1 Å². The lowest BCUT2D eigenvalue weighted by Crippen LogP contribution is -2.41. The van der Waals surface area contributed by atoms with Crippen LogP contribution in [0.4, 0.5) is 0 Å². The van der Waals surface area contributed by atoms with Crippen molar-refractivity contribution < 1.29 is 9.21 Å². The molecule has 3 aromatic heterocycles. The summed E-state index contributed by atoms with van der Waals surface area (Å²) in [5.41, 5.74) is 15.9. The Hall–Kier alpha value is -3.94. The number of nitrogens with zero attached hydrogens (tertiary/aromatic N) is 3. The number of aryl methyl sites for hydroxylation is 1. The third-order valence-corrected chi connectivity index (χ3v) is 10.3. The Morgan fingerprint density at radius 3 is 2.71 bits per heavy atom. The monoisotopic (exact) mass is 557 g/mol. The third-order valence-electron chi connectivity index (χ3n) is 10.3. The van der Waals surface area contributed by atoms with E-state index in [1.54, 1.807) is 0 Å². The second-order valence-electron chi connectivity index (χ2n) is 13.0. The molecule has 2 saturated carbocycles. The Morgan fingerprint density at radius 2 is 1.90 bits per heavy atom. The fourth-order valence-electron chi connectivity index (χ4n) is 7.72. The number of fused-ring (bicyclic) bond motifs is 5. The minimum Gasteiger partial charge on any atom is -0.454 e. The van der Waals surface area contributed by atoms with Gasteiger partial charge in [-0.2, -0.15) is 0 Å². The van der Waals surface area contributed by atoms with Gasteiger partial charge in [-0.1, -0.05) is 18.2 Å². The number of nitrogens with one attached hydrogen (secondary N) is 1. The highest BCUT2D eigenvalue weighted by atomic mass is 16.3. The van der Waals surface area contributed by atoms with Crippen molar-refractivity contribution in [3.05, 3.63) is 76.9 Å². The minimum atomic E-state index is 0.0667. The lowest BCUT2D eigenvalue weighted by atomic mass is 10.0. The van der Waals surface area contributed by atoms with E-state index in [-0.39, 0.29) is 18.0 Å². The number of rotatable bonds is 5. The van der Waals surface area contributed by atoms with Gasteiger partial charge >= 0.3 is 0 Å². The number of pyridine rings is 1. The van der Waals surface area contributed by atoms with E-state index in [9.17, 15) is 4.79 Å². The number of hydrogen-bond acceptors (Lipinski definition) is 5. The molecule has 1 amide bonds. The van der Waals surface area contributed by atoms with Gasteiger partial charge in [0.25, 0.3) is 5.91 Å². The maximum Gasteiger partial charge on any atom is 0.254 e. The summed E-state index contributed by atoms with van der Waals surface area (Å²) in [5.74, 6) is 2.03. The highest BCUT2D eigenvalue weighted by Gasteiger charge is 2.46. The molecule has 42 heavy (non-hydrogen) atoms. The average Bonchev–Trinajstić information content (AvgIpc) is 3.30. The van der Waals surface area contributed by atoms with Crippen LogP contribution >= 0.6 is 0 Å². The van der Waals surface area contributed by atoms with Crippen molar-refractivity contribution in [1.82, 2.24) is 19.8 Å². The largest absolute Gasteiger partial charge is 0.454 e. The molecule has 5 heterocycles. The van der Waals surface area contributed by atoms with E-state index in [2.05, 4.69) is 53.2 Å². The summed E-state index contributed by atoms with van der Waals surface area (Å²) in [6.45, 7) is 5.68. The summed E-state index contributed by atoms with van der Waals surface area (Å²) in [5, 5.41) is 5.61. The number of carbonyl (C=O) groups is 1. The van der Waals surface area contributed by atoms with Crippen molar-refractivity contribution >= 4 is 27.9 Å². The molecule has 7 nitrogen and oxygen atoms in total. The average molecular weight is 558 g/mol. The number of nitrogens with two attached hydrogens (primary N) is 1. The summed E-state index contributed by atoms with van der Waals surface area (Å²) >= 11 is 0. The smallest absolute Gasteiger partial charge is 0.254 e. The van der Waals surface area contributed by atoms with Gasteiger partial charge in [0.05, 0.1) is 11.4 Å². The van der Waals surface area contributed by atoms with Gasteiger partial charge < -0.3 is 24.9 Å². The van der Waals surface area contributed by atoms with Crippen molar-refractivity contribution in [2.45, 2.75) is 64.3 Å². The Balaban J connectivity index is 1.12. The van der Waals surface area contributed by atoms with E-state index in [0.717, 1.165) is 89.3 Å². The Morgan fingerprint density at radius 1 is 1.02 bits per heavy atom. The van der Waals surface area contributed by atoms with Gasteiger partial charge in [0, 0.05) is 65.7 Å². The molecule has 2 bridgehead atoms. The predicted molar refractivity (Wildman–Crippen MR) is 164 cm³/mol. The van der Waals surface area contributed by atoms with Gasteiger partial charge in [-0.15, -0.1) is 0 Å². The number of carbonyl (C=O) groups excluding carboxylic acids is 1. The SMILES string of the molecule is Cc1c(-c2cc3ccc(-c4ccc5c(c4)CNC5)nc3n2CC2CC2)oc2cc(C(=O)N3CC4CCC3[C@@H]4N)ccc12. The van der Waals surface area contributed by atoms with Crippen LogP contribution in [0.1, 0.15) is 52.7 Å². The molecule has 0 radical (unpaired) electrons. The maximum absolute atomic E-state index is 13.5. The molecule has 7 heteroatoms. The molecule has 5 aromatic rings. The molecule has 3 fully saturated rings. The third kappa shape index (κ3) is 3.73. The van der Waals surface area contributed by atoms with Gasteiger partial charge in [0.1, 0.15) is 11.2 Å². The van der Waals surface area contributed by atoms with E-state index in [1.165, 1.54) is 24.0 Å². The summed E-state index contributed by atoms with van der Waals surface area (Å²) < 4.78 is 8.97. The number of benzene rings is 2. The molecule has 0 spiro atoms. The van der Waals surface area contributed by atoms with Gasteiger partial charge in [0.15, 0.2) is 5.76 Å². The van der Waals surface area contributed by atoms with Crippen molar-refractivity contribution in [2.24, 2.45) is 17.6 Å². The zero-order chi connectivity index (χ0) is 28.1. The van der Waals surface area contributed by atoms with Crippen LogP contribution in [-0.4, -0.2) is 39.0 Å². The van der Waals surface area contributed by atoms with E-state index in [0.29, 0.717) is 17.4 Å². The second kappa shape index (κ2) is 9.03. The van der Waals surface area contributed by atoms with Crippen molar-refractivity contribution in [3.8, 4) is 22.7 Å². The first-order valence-corrected chi connectivity index (χ1v) is 15.4. The number of likely N-dealkylation sites (tertiary alicyclic amines) is 1. The topological polar surface area (TPSA) is 89.3 Å². The van der Waals surface area contributed by atoms with Crippen LogP contribution in [0.15, 0.2) is 59.0 Å². The lowest BCUT2D eigenvalue weighted by molar-refractivity contribution is 0.0700. The summed E-state index contributed by atoms with van der Waals surface area (Å²) in [4.78, 5) is 20.7. The number of furan rings is 1. The van der Waals surface area contributed by atoms with Gasteiger partial charge in [-0.3, -0.25) is 4.79 Å². The predicted octanol–water partition coefficient (Wildman–Crippen LogP) is 6.00. The van der Waals surface area contributed by atoms with E-state index >= 15 is 0 Å². The zero-order valence-electron chi connectivity index (χ0n) is 23.9. The minimum absolute atomic E-state index is 0.0667. The number of amides is 1. The van der Waals surface area contributed by atoms with Crippen LogP contribution in [0.3, 0.4) is 0 Å². The lowest BCUT2D eigenvalue weighted by Gasteiger charge is -2.27. The summed E-state index contributed by atoms with van der Waals surface area (Å²) in [7, 11) is 0. The van der Waals surface area contributed by atoms with Crippen molar-refractivity contribution in [1.29, 1.82) is 0 Å². The molecule has 2 aliphatic heterocycles. The molecule has 4 aliphatic rings. The van der Waals surface area contributed by atoms with Crippen LogP contribution in [-0.2, 0) is 19.6 Å². The Kier molecular flexibility index (Phi) is 5.30. The van der Waals surface area contributed by atoms with Crippen LogP contribution in [0.2, 0.25) is 0 Å². The number of aromatic nitrogens is 2. The fraction of sp³-hybridized carbons (Fsp3) is 0.371. The quantitative estimate of drug-likeness (QED) is 0.277.